The summed E-state index contributed by atoms with van der Waals surface area (Å²) in [5.74, 6) is -0.0479. The number of carbonyl (C=O) groups is 2. The van der Waals surface area contributed by atoms with E-state index in [0.29, 0.717) is 13.1 Å². The lowest BCUT2D eigenvalue weighted by Crippen LogP contribution is -2.48. The summed E-state index contributed by atoms with van der Waals surface area (Å²) in [7, 11) is 1.70. The van der Waals surface area contributed by atoms with Crippen LogP contribution in [0.1, 0.15) is 33.6 Å². The molecule has 2 saturated heterocycles. The van der Waals surface area contributed by atoms with Gasteiger partial charge in [0.25, 0.3) is 0 Å². The summed E-state index contributed by atoms with van der Waals surface area (Å²) in [6.07, 6.45) is 2.10. The molecular formula is C21H41N5O3. The second-order valence-corrected chi connectivity index (χ2v) is 9.20. The van der Waals surface area contributed by atoms with E-state index in [1.54, 1.807) is 7.05 Å². The van der Waals surface area contributed by atoms with E-state index in [2.05, 4.69) is 24.9 Å². The first kappa shape index (κ1) is 24.1. The van der Waals surface area contributed by atoms with Crippen LogP contribution in [0.25, 0.3) is 0 Å². The van der Waals surface area contributed by atoms with E-state index in [9.17, 15) is 9.59 Å². The largest absolute Gasteiger partial charge is 0.459 e. The van der Waals surface area contributed by atoms with Gasteiger partial charge in [-0.05, 0) is 53.2 Å². The Hall–Kier alpha value is -1.22. The van der Waals surface area contributed by atoms with Gasteiger partial charge in [0, 0.05) is 52.9 Å². The third-order valence-corrected chi connectivity index (χ3v) is 5.51. The summed E-state index contributed by atoms with van der Waals surface area (Å²) >= 11 is 0. The minimum atomic E-state index is -0.436. The highest BCUT2D eigenvalue weighted by Gasteiger charge is 2.22. The molecule has 0 aliphatic carbocycles. The van der Waals surface area contributed by atoms with Crippen LogP contribution in [0.2, 0.25) is 0 Å². The molecule has 2 aliphatic heterocycles. The van der Waals surface area contributed by atoms with E-state index in [4.69, 9.17) is 4.74 Å². The predicted molar refractivity (Wildman–Crippen MR) is 115 cm³/mol. The number of ether oxygens (including phenoxy) is 1. The number of amides is 1. The monoisotopic (exact) mass is 411 g/mol. The van der Waals surface area contributed by atoms with Gasteiger partial charge < -0.3 is 19.9 Å². The van der Waals surface area contributed by atoms with E-state index in [0.717, 1.165) is 78.3 Å². The molecule has 2 bridgehead atoms. The SMILES string of the molecule is CNC(=O)CN1CCCN2CCN(CCCN(CC(=O)OC(C)(C)C)CC2)CC1. The van der Waals surface area contributed by atoms with Crippen LogP contribution in [0, 0.1) is 0 Å². The molecule has 0 radical (unpaired) electrons. The van der Waals surface area contributed by atoms with Crippen molar-refractivity contribution in [2.75, 3.05) is 85.6 Å². The fourth-order valence-corrected chi connectivity index (χ4v) is 3.93. The Labute approximate surface area is 176 Å². The molecule has 1 N–H and O–H groups in total. The summed E-state index contributed by atoms with van der Waals surface area (Å²) in [5.41, 5.74) is -0.436. The highest BCUT2D eigenvalue weighted by molar-refractivity contribution is 5.77. The molecule has 1 amide bonds. The molecule has 2 fully saturated rings. The average molecular weight is 412 g/mol. The van der Waals surface area contributed by atoms with Gasteiger partial charge in [0.2, 0.25) is 5.91 Å². The Kier molecular flexibility index (Phi) is 9.82. The van der Waals surface area contributed by atoms with Gasteiger partial charge >= 0.3 is 5.97 Å². The van der Waals surface area contributed by atoms with E-state index >= 15 is 0 Å². The van der Waals surface area contributed by atoms with Crippen LogP contribution in [0.15, 0.2) is 0 Å². The third-order valence-electron chi connectivity index (χ3n) is 5.51. The standard InChI is InChI=1S/C21H41N5O3/c1-21(2,3)29-20(28)18-26-10-6-8-23-11-12-24(14-16-26)7-5-9-25(15-13-23)17-19(27)22-4/h5-18H2,1-4H3,(H,22,27). The predicted octanol–water partition coefficient (Wildman–Crippen LogP) is 0.0895. The van der Waals surface area contributed by atoms with Crippen LogP contribution in [-0.2, 0) is 14.3 Å². The molecule has 168 valence electrons. The molecule has 2 heterocycles. The normalized spacial score (nSPS) is 25.9. The van der Waals surface area contributed by atoms with Crippen molar-refractivity contribution in [3.05, 3.63) is 0 Å². The molecule has 0 aromatic carbocycles. The van der Waals surface area contributed by atoms with Gasteiger partial charge in [-0.2, -0.15) is 0 Å². The quantitative estimate of drug-likeness (QED) is 0.658. The lowest BCUT2D eigenvalue weighted by molar-refractivity contribution is -0.156. The highest BCUT2D eigenvalue weighted by atomic mass is 16.6. The molecule has 29 heavy (non-hydrogen) atoms. The Morgan fingerprint density at radius 3 is 1.72 bits per heavy atom. The molecule has 0 saturated carbocycles. The van der Waals surface area contributed by atoms with E-state index in [-0.39, 0.29) is 11.9 Å². The minimum absolute atomic E-state index is 0.0874. The van der Waals surface area contributed by atoms with Crippen molar-refractivity contribution in [2.45, 2.75) is 39.2 Å². The summed E-state index contributed by atoms with van der Waals surface area (Å²) in [6, 6.07) is 0. The number of esters is 1. The number of carbonyl (C=O) groups excluding carboxylic acids is 2. The lowest BCUT2D eigenvalue weighted by atomic mass is 10.2. The molecule has 2 rings (SSSR count). The summed E-state index contributed by atoms with van der Waals surface area (Å²) in [6.45, 7) is 16.4. The van der Waals surface area contributed by atoms with Crippen molar-refractivity contribution < 1.29 is 14.3 Å². The highest BCUT2D eigenvalue weighted by Crippen LogP contribution is 2.09. The number of hydrogen-bond donors (Lipinski definition) is 1. The molecule has 2 unspecified atom stereocenters. The zero-order valence-corrected chi connectivity index (χ0v) is 18.9. The Balaban J connectivity index is 1.93. The van der Waals surface area contributed by atoms with Crippen LogP contribution in [-0.4, -0.2) is 123 Å². The Bertz CT molecular complexity index is 523. The number of fused-ring (bicyclic) bond motifs is 3. The van der Waals surface area contributed by atoms with E-state index < -0.39 is 5.60 Å². The summed E-state index contributed by atoms with van der Waals surface area (Å²) in [4.78, 5) is 33.6. The van der Waals surface area contributed by atoms with Crippen molar-refractivity contribution in [1.82, 2.24) is 24.9 Å². The van der Waals surface area contributed by atoms with Gasteiger partial charge in [-0.1, -0.05) is 0 Å². The fraction of sp³-hybridized carbons (Fsp3) is 0.905. The van der Waals surface area contributed by atoms with Crippen molar-refractivity contribution in [2.24, 2.45) is 0 Å². The minimum Gasteiger partial charge on any atom is -0.459 e. The molecule has 0 aromatic rings. The smallest absolute Gasteiger partial charge is 0.320 e. The Morgan fingerprint density at radius 1 is 0.759 bits per heavy atom. The van der Waals surface area contributed by atoms with Crippen molar-refractivity contribution in [3.8, 4) is 0 Å². The van der Waals surface area contributed by atoms with Crippen LogP contribution in [0.4, 0.5) is 0 Å². The van der Waals surface area contributed by atoms with Gasteiger partial charge in [-0.25, -0.2) is 0 Å². The number of rotatable bonds is 4. The van der Waals surface area contributed by atoms with Gasteiger partial charge in [0.05, 0.1) is 13.1 Å². The zero-order valence-electron chi connectivity index (χ0n) is 18.9. The van der Waals surface area contributed by atoms with Crippen molar-refractivity contribution >= 4 is 11.9 Å². The molecule has 8 nitrogen and oxygen atoms in total. The summed E-state index contributed by atoms with van der Waals surface area (Å²) < 4.78 is 5.52. The second-order valence-electron chi connectivity index (χ2n) is 9.20. The molecular weight excluding hydrogens is 370 g/mol. The zero-order chi connectivity index (χ0) is 21.3. The van der Waals surface area contributed by atoms with Crippen LogP contribution >= 0.6 is 0 Å². The molecule has 0 aromatic heterocycles. The van der Waals surface area contributed by atoms with Gasteiger partial charge in [-0.3, -0.25) is 19.4 Å². The molecule has 8 heteroatoms. The van der Waals surface area contributed by atoms with Gasteiger partial charge in [0.1, 0.15) is 5.60 Å². The number of hydrogen-bond acceptors (Lipinski definition) is 7. The first-order valence-electron chi connectivity index (χ1n) is 11.1. The van der Waals surface area contributed by atoms with Gasteiger partial charge in [0.15, 0.2) is 0 Å². The maximum Gasteiger partial charge on any atom is 0.320 e. The van der Waals surface area contributed by atoms with E-state index in [1.807, 2.05) is 20.8 Å². The fourth-order valence-electron chi connectivity index (χ4n) is 3.93. The molecule has 2 aliphatic rings. The topological polar surface area (TPSA) is 68.4 Å². The third kappa shape index (κ3) is 9.89. The number of likely N-dealkylation sites (N-methyl/N-ethyl adjacent to an activating group) is 1. The molecule has 0 spiro atoms. The number of nitrogens with one attached hydrogen (secondary N) is 1. The Morgan fingerprint density at radius 2 is 1.24 bits per heavy atom. The maximum absolute atomic E-state index is 12.3. The van der Waals surface area contributed by atoms with Crippen molar-refractivity contribution in [1.29, 1.82) is 0 Å². The molecule has 2 atom stereocenters. The van der Waals surface area contributed by atoms with Gasteiger partial charge in [-0.15, -0.1) is 0 Å². The van der Waals surface area contributed by atoms with Crippen LogP contribution in [0.3, 0.4) is 0 Å². The maximum atomic E-state index is 12.3. The average Bonchev–Trinajstić information content (AvgIpc) is 2.64. The first-order chi connectivity index (χ1) is 13.7. The van der Waals surface area contributed by atoms with E-state index in [1.165, 1.54) is 0 Å². The number of nitrogens with zero attached hydrogens (tertiary/aromatic N) is 4. The van der Waals surface area contributed by atoms with Crippen molar-refractivity contribution in [3.63, 3.8) is 0 Å². The van der Waals surface area contributed by atoms with Crippen LogP contribution in [0.5, 0.6) is 0 Å². The lowest BCUT2D eigenvalue weighted by Gasteiger charge is -2.35. The summed E-state index contributed by atoms with van der Waals surface area (Å²) in [5, 5.41) is 2.74. The second kappa shape index (κ2) is 11.8. The van der Waals surface area contributed by atoms with Crippen LogP contribution < -0.4 is 5.32 Å². The first-order valence-corrected chi connectivity index (χ1v) is 11.1.